The van der Waals surface area contributed by atoms with Crippen LogP contribution in [-0.2, 0) is 4.79 Å². The summed E-state index contributed by atoms with van der Waals surface area (Å²) in [6.45, 7) is 0. The van der Waals surface area contributed by atoms with E-state index in [1.54, 1.807) is 0 Å². The lowest BCUT2D eigenvalue weighted by atomic mass is 9.88. The molecule has 0 saturated heterocycles. The lowest BCUT2D eigenvalue weighted by Crippen LogP contribution is -2.31. The Balaban J connectivity index is 1.29. The van der Waals surface area contributed by atoms with E-state index in [0.29, 0.717) is 11.8 Å². The lowest BCUT2D eigenvalue weighted by molar-refractivity contribution is -0.126. The van der Waals surface area contributed by atoms with E-state index in [9.17, 15) is 4.79 Å². The fourth-order valence-corrected chi connectivity index (χ4v) is 5.32. The summed E-state index contributed by atoms with van der Waals surface area (Å²) in [5.74, 6) is 4.37. The van der Waals surface area contributed by atoms with Gasteiger partial charge in [-0.05, 0) is 68.1 Å². The van der Waals surface area contributed by atoms with Crippen LogP contribution in [0.2, 0.25) is 0 Å². The van der Waals surface area contributed by atoms with Crippen LogP contribution in [0.15, 0.2) is 5.10 Å². The van der Waals surface area contributed by atoms with Gasteiger partial charge in [0, 0.05) is 12.1 Å². The number of fused-ring (bicyclic) bond motifs is 4. The van der Waals surface area contributed by atoms with Crippen molar-refractivity contribution >= 4 is 12.1 Å². The smallest absolute Gasteiger partial charge is 0.243 e. The quantitative estimate of drug-likeness (QED) is 0.615. The highest BCUT2D eigenvalue weighted by Gasteiger charge is 2.43. The van der Waals surface area contributed by atoms with Gasteiger partial charge in [-0.2, -0.15) is 5.10 Å². The minimum Gasteiger partial charge on any atom is -0.273 e. The third-order valence-electron chi connectivity index (χ3n) is 6.31. The molecule has 0 heterocycles. The molecule has 3 heteroatoms. The van der Waals surface area contributed by atoms with Crippen LogP contribution in [0, 0.1) is 35.5 Å². The molecule has 4 aliphatic rings. The Morgan fingerprint density at radius 2 is 1.68 bits per heavy atom. The van der Waals surface area contributed by atoms with Crippen LogP contribution in [-0.4, -0.2) is 12.1 Å². The molecule has 3 nitrogen and oxygen atoms in total. The van der Waals surface area contributed by atoms with Crippen LogP contribution in [0.3, 0.4) is 0 Å². The predicted molar refractivity (Wildman–Crippen MR) is 74.5 cm³/mol. The van der Waals surface area contributed by atoms with E-state index in [1.807, 2.05) is 6.21 Å². The minimum absolute atomic E-state index is 0.187. The van der Waals surface area contributed by atoms with Crippen molar-refractivity contribution in [3.05, 3.63) is 0 Å². The van der Waals surface area contributed by atoms with E-state index in [0.717, 1.165) is 24.2 Å². The molecule has 0 aliphatic heterocycles. The van der Waals surface area contributed by atoms with Crippen molar-refractivity contribution in [3.63, 3.8) is 0 Å². The number of nitrogens with one attached hydrogen (secondary N) is 1. The second kappa shape index (κ2) is 4.60. The van der Waals surface area contributed by atoms with Gasteiger partial charge in [-0.1, -0.05) is 12.8 Å². The van der Waals surface area contributed by atoms with E-state index in [2.05, 4.69) is 10.5 Å². The molecule has 4 aliphatic carbocycles. The van der Waals surface area contributed by atoms with Crippen LogP contribution in [0.5, 0.6) is 0 Å². The van der Waals surface area contributed by atoms with Gasteiger partial charge in [-0.25, -0.2) is 5.43 Å². The fraction of sp³-hybridized carbons (Fsp3) is 0.875. The lowest BCUT2D eigenvalue weighted by Gasteiger charge is -2.20. The highest BCUT2D eigenvalue weighted by atomic mass is 16.2. The third-order valence-corrected chi connectivity index (χ3v) is 6.31. The van der Waals surface area contributed by atoms with Crippen molar-refractivity contribution in [2.75, 3.05) is 0 Å². The van der Waals surface area contributed by atoms with Gasteiger partial charge in [0.25, 0.3) is 0 Å². The molecule has 6 atom stereocenters. The fourth-order valence-electron chi connectivity index (χ4n) is 5.32. The summed E-state index contributed by atoms with van der Waals surface area (Å²) in [5, 5.41) is 4.28. The van der Waals surface area contributed by atoms with Gasteiger partial charge in [0.15, 0.2) is 0 Å². The Labute approximate surface area is 115 Å². The number of nitrogens with zero attached hydrogens (tertiary/aromatic N) is 1. The summed E-state index contributed by atoms with van der Waals surface area (Å²) in [5.41, 5.74) is 2.83. The van der Waals surface area contributed by atoms with Gasteiger partial charge in [0.2, 0.25) is 5.91 Å². The number of hydrogen-bond acceptors (Lipinski definition) is 2. The van der Waals surface area contributed by atoms with Crippen LogP contribution in [0.25, 0.3) is 0 Å². The first kappa shape index (κ1) is 11.9. The molecule has 0 radical (unpaired) electrons. The highest BCUT2D eigenvalue weighted by Crippen LogP contribution is 2.48. The van der Waals surface area contributed by atoms with Gasteiger partial charge in [0.1, 0.15) is 0 Å². The van der Waals surface area contributed by atoms with Crippen molar-refractivity contribution in [1.29, 1.82) is 0 Å². The SMILES string of the molecule is O=C(N/N=C\[C@@H]1C[C@H]2CC[C@@H]1C2)[C@@H]1C[C@H]2CC[C@@H]1C2. The first-order chi connectivity index (χ1) is 9.29. The predicted octanol–water partition coefficient (Wildman–Crippen LogP) is 2.96. The summed E-state index contributed by atoms with van der Waals surface area (Å²) in [4.78, 5) is 12.1. The Morgan fingerprint density at radius 3 is 2.26 bits per heavy atom. The van der Waals surface area contributed by atoms with Gasteiger partial charge in [-0.3, -0.25) is 4.79 Å². The van der Waals surface area contributed by atoms with Crippen molar-refractivity contribution in [2.45, 2.75) is 51.4 Å². The van der Waals surface area contributed by atoms with Gasteiger partial charge in [-0.15, -0.1) is 0 Å². The largest absolute Gasteiger partial charge is 0.273 e. The Hall–Kier alpha value is -0.860. The zero-order valence-corrected chi connectivity index (χ0v) is 11.6. The van der Waals surface area contributed by atoms with E-state index in [-0.39, 0.29) is 11.8 Å². The monoisotopic (exact) mass is 260 g/mol. The van der Waals surface area contributed by atoms with Crippen LogP contribution >= 0.6 is 0 Å². The third kappa shape index (κ3) is 2.11. The molecule has 0 aromatic carbocycles. The summed E-state index contributed by atoms with van der Waals surface area (Å²) in [6.07, 6.45) is 12.5. The number of carbonyl (C=O) groups is 1. The zero-order valence-electron chi connectivity index (χ0n) is 11.6. The molecular formula is C16H24N2O. The minimum atomic E-state index is 0.187. The Morgan fingerprint density at radius 1 is 0.947 bits per heavy atom. The van der Waals surface area contributed by atoms with E-state index in [1.165, 1.54) is 44.9 Å². The zero-order chi connectivity index (χ0) is 12.8. The average Bonchev–Trinajstić information content (AvgIpc) is 3.18. The van der Waals surface area contributed by atoms with Crippen LogP contribution in [0.1, 0.15) is 51.4 Å². The summed E-state index contributed by atoms with van der Waals surface area (Å²) in [7, 11) is 0. The van der Waals surface area contributed by atoms with Crippen LogP contribution in [0.4, 0.5) is 0 Å². The van der Waals surface area contributed by atoms with Crippen LogP contribution < -0.4 is 5.43 Å². The second-order valence-corrected chi connectivity index (χ2v) is 7.37. The molecule has 0 unspecified atom stereocenters. The van der Waals surface area contributed by atoms with Crippen molar-refractivity contribution < 1.29 is 4.79 Å². The molecule has 0 aromatic rings. The second-order valence-electron chi connectivity index (χ2n) is 7.37. The molecule has 104 valence electrons. The van der Waals surface area contributed by atoms with E-state index < -0.39 is 0 Å². The maximum Gasteiger partial charge on any atom is 0.243 e. The number of amides is 1. The summed E-state index contributed by atoms with van der Waals surface area (Å²) in [6, 6.07) is 0. The molecular weight excluding hydrogens is 236 g/mol. The molecule has 0 spiro atoms. The number of hydrazone groups is 1. The van der Waals surface area contributed by atoms with E-state index >= 15 is 0 Å². The number of carbonyl (C=O) groups excluding carboxylic acids is 1. The molecule has 4 saturated carbocycles. The number of hydrogen-bond donors (Lipinski definition) is 1. The molecule has 1 N–H and O–H groups in total. The number of rotatable bonds is 3. The molecule has 4 rings (SSSR count). The van der Waals surface area contributed by atoms with Gasteiger partial charge >= 0.3 is 0 Å². The molecule has 4 fully saturated rings. The Kier molecular flexibility index (Phi) is 2.89. The Bertz CT molecular complexity index is 406. The normalized spacial score (nSPS) is 47.4. The maximum atomic E-state index is 12.1. The maximum absolute atomic E-state index is 12.1. The highest BCUT2D eigenvalue weighted by molar-refractivity contribution is 5.80. The van der Waals surface area contributed by atoms with Crippen molar-refractivity contribution in [2.24, 2.45) is 40.6 Å². The molecule has 0 aromatic heterocycles. The first-order valence-corrected chi connectivity index (χ1v) is 8.12. The molecule has 19 heavy (non-hydrogen) atoms. The van der Waals surface area contributed by atoms with E-state index in [4.69, 9.17) is 0 Å². The first-order valence-electron chi connectivity index (χ1n) is 8.12. The average molecular weight is 260 g/mol. The standard InChI is InChI=1S/C16H24N2O/c19-16(15-8-11-2-4-13(15)6-11)18-17-9-14-7-10-1-3-12(14)5-10/h9-15H,1-8H2,(H,18,19)/b17-9-/t10-,11-,12+,13+,14-,15+/m0/s1. The van der Waals surface area contributed by atoms with Gasteiger partial charge in [0.05, 0.1) is 0 Å². The van der Waals surface area contributed by atoms with Crippen molar-refractivity contribution in [3.8, 4) is 0 Å². The summed E-state index contributed by atoms with van der Waals surface area (Å²) >= 11 is 0. The van der Waals surface area contributed by atoms with Crippen molar-refractivity contribution in [1.82, 2.24) is 5.43 Å². The molecule has 4 bridgehead atoms. The summed E-state index contributed by atoms with van der Waals surface area (Å²) < 4.78 is 0. The topological polar surface area (TPSA) is 41.5 Å². The molecule has 1 amide bonds. The van der Waals surface area contributed by atoms with Gasteiger partial charge < -0.3 is 0 Å².